The monoisotopic (exact) mass is 355 g/mol. The second kappa shape index (κ2) is 8.87. The van der Waals surface area contributed by atoms with Crippen LogP contribution in [0.15, 0.2) is 28.1 Å². The maximum absolute atomic E-state index is 12.5. The van der Waals surface area contributed by atoms with Gasteiger partial charge in [0.2, 0.25) is 0 Å². The Hall–Kier alpha value is -1.82. The van der Waals surface area contributed by atoms with Gasteiger partial charge in [0.1, 0.15) is 12.4 Å². The Balaban J connectivity index is 2.11. The van der Waals surface area contributed by atoms with Crippen LogP contribution in [-0.2, 0) is 19.2 Å². The summed E-state index contributed by atoms with van der Waals surface area (Å²) in [5, 5.41) is 14.3. The molecule has 7 heteroatoms. The number of allylic oxidation sites excluding steroid dienone is 2. The van der Waals surface area contributed by atoms with Crippen molar-refractivity contribution in [2.75, 3.05) is 13.2 Å². The third-order valence-corrected chi connectivity index (χ3v) is 4.55. The zero-order valence-corrected chi connectivity index (χ0v) is 14.4. The number of esters is 1. The van der Waals surface area contributed by atoms with Gasteiger partial charge in [-0.2, -0.15) is 0 Å². The lowest BCUT2D eigenvalue weighted by atomic mass is 9.75. The molecule has 1 N–H and O–H groups in total. The Kier molecular flexibility index (Phi) is 6.85. The standard InChI is InChI=1S/C17H22ClNO5/c1-2-13(19-24-6-3-5-18)17-14(20)8-12(9-15(17)21)11-4-7-23-16(22)10-11/h3,5,11-12,20H,2,4,6-10H2,1H3/b5-3+,19-13+. The van der Waals surface area contributed by atoms with Crippen molar-refractivity contribution in [2.24, 2.45) is 17.0 Å². The SMILES string of the molecule is CC/C(=N\OC/C=C/Cl)C1=C(O)CC(C2CCOC(=O)C2)CC1=O. The first kappa shape index (κ1) is 18.5. The van der Waals surface area contributed by atoms with Crippen molar-refractivity contribution in [3.05, 3.63) is 22.9 Å². The van der Waals surface area contributed by atoms with E-state index in [0.29, 0.717) is 38.0 Å². The number of rotatable bonds is 6. The van der Waals surface area contributed by atoms with E-state index in [1.54, 1.807) is 6.08 Å². The topological polar surface area (TPSA) is 85.2 Å². The van der Waals surface area contributed by atoms with Crippen molar-refractivity contribution in [1.82, 2.24) is 0 Å². The van der Waals surface area contributed by atoms with Gasteiger partial charge in [0, 0.05) is 24.8 Å². The molecular formula is C17H22ClNO5. The van der Waals surface area contributed by atoms with E-state index >= 15 is 0 Å². The Morgan fingerprint density at radius 1 is 1.38 bits per heavy atom. The lowest BCUT2D eigenvalue weighted by Crippen LogP contribution is -2.32. The van der Waals surface area contributed by atoms with Crippen LogP contribution in [0.1, 0.15) is 39.0 Å². The molecule has 2 rings (SSSR count). The largest absolute Gasteiger partial charge is 0.511 e. The quantitative estimate of drug-likeness (QED) is 0.342. The molecular weight excluding hydrogens is 334 g/mol. The first-order valence-corrected chi connectivity index (χ1v) is 8.55. The van der Waals surface area contributed by atoms with E-state index in [-0.39, 0.29) is 41.5 Å². The Labute approximate surface area is 146 Å². The summed E-state index contributed by atoms with van der Waals surface area (Å²) in [4.78, 5) is 29.1. The molecule has 1 saturated heterocycles. The highest BCUT2D eigenvalue weighted by Gasteiger charge is 2.36. The molecule has 1 fully saturated rings. The number of carbonyl (C=O) groups is 2. The first-order chi connectivity index (χ1) is 11.6. The average Bonchev–Trinajstić information content (AvgIpc) is 2.56. The number of ketones is 1. The molecule has 6 nitrogen and oxygen atoms in total. The van der Waals surface area contributed by atoms with Gasteiger partial charge in [-0.05, 0) is 30.8 Å². The Bertz CT molecular complexity index is 582. The predicted molar refractivity (Wildman–Crippen MR) is 89.7 cm³/mol. The van der Waals surface area contributed by atoms with E-state index < -0.39 is 0 Å². The summed E-state index contributed by atoms with van der Waals surface area (Å²) >= 11 is 5.40. The molecule has 1 aliphatic carbocycles. The van der Waals surface area contributed by atoms with Crippen molar-refractivity contribution >= 4 is 29.1 Å². The molecule has 2 atom stereocenters. The molecule has 0 amide bonds. The molecule has 2 aliphatic rings. The molecule has 0 aromatic carbocycles. The number of aliphatic hydroxyl groups excluding tert-OH is 1. The minimum atomic E-state index is -0.232. The van der Waals surface area contributed by atoms with Gasteiger partial charge in [-0.15, -0.1) is 0 Å². The van der Waals surface area contributed by atoms with E-state index in [2.05, 4.69) is 5.16 Å². The van der Waals surface area contributed by atoms with Gasteiger partial charge in [0.05, 0.1) is 17.9 Å². The van der Waals surface area contributed by atoms with Crippen LogP contribution < -0.4 is 0 Å². The van der Waals surface area contributed by atoms with Crippen molar-refractivity contribution in [1.29, 1.82) is 0 Å². The fourth-order valence-corrected chi connectivity index (χ4v) is 3.24. The molecule has 132 valence electrons. The first-order valence-electron chi connectivity index (χ1n) is 8.12. The lowest BCUT2D eigenvalue weighted by Gasteiger charge is -2.32. The third kappa shape index (κ3) is 4.60. The van der Waals surface area contributed by atoms with Crippen LogP contribution in [0.2, 0.25) is 0 Å². The summed E-state index contributed by atoms with van der Waals surface area (Å²) in [5.41, 5.74) is 2.01. The molecule has 0 spiro atoms. The summed E-state index contributed by atoms with van der Waals surface area (Å²) in [6.45, 7) is 2.42. The van der Waals surface area contributed by atoms with Gasteiger partial charge in [-0.3, -0.25) is 9.59 Å². The molecule has 1 aliphatic heterocycles. The number of hydrogen-bond acceptors (Lipinski definition) is 6. The highest BCUT2D eigenvalue weighted by atomic mass is 35.5. The van der Waals surface area contributed by atoms with Crippen LogP contribution in [0.5, 0.6) is 0 Å². The normalized spacial score (nSPS) is 26.0. The predicted octanol–water partition coefficient (Wildman–Crippen LogP) is 3.27. The zero-order chi connectivity index (χ0) is 17.5. The maximum atomic E-state index is 12.5. The number of halogens is 1. The number of oxime groups is 1. The van der Waals surface area contributed by atoms with Crippen molar-refractivity contribution in [3.8, 4) is 0 Å². The number of carbonyl (C=O) groups excluding carboxylic acids is 2. The second-order valence-corrected chi connectivity index (χ2v) is 6.19. The van der Waals surface area contributed by atoms with Crippen LogP contribution in [-0.4, -0.2) is 35.8 Å². The summed E-state index contributed by atoms with van der Waals surface area (Å²) in [6, 6.07) is 0. The zero-order valence-electron chi connectivity index (χ0n) is 13.7. The number of aliphatic hydroxyl groups is 1. The molecule has 0 aromatic heterocycles. The van der Waals surface area contributed by atoms with Crippen molar-refractivity contribution in [3.63, 3.8) is 0 Å². The van der Waals surface area contributed by atoms with Gasteiger partial charge in [-0.1, -0.05) is 23.7 Å². The van der Waals surface area contributed by atoms with Crippen molar-refractivity contribution in [2.45, 2.75) is 39.0 Å². The van der Waals surface area contributed by atoms with Gasteiger partial charge in [-0.25, -0.2) is 0 Å². The summed E-state index contributed by atoms with van der Waals surface area (Å²) in [6.07, 6.45) is 3.76. The van der Waals surface area contributed by atoms with E-state index in [0.717, 1.165) is 6.42 Å². The van der Waals surface area contributed by atoms with Gasteiger partial charge in [0.25, 0.3) is 0 Å². The minimum Gasteiger partial charge on any atom is -0.511 e. The highest BCUT2D eigenvalue weighted by Crippen LogP contribution is 2.36. The molecule has 1 heterocycles. The molecule has 0 aromatic rings. The van der Waals surface area contributed by atoms with E-state index in [4.69, 9.17) is 21.2 Å². The third-order valence-electron chi connectivity index (χ3n) is 4.38. The number of Topliss-reactive ketones (excluding diaryl/α,β-unsaturated/α-hetero) is 1. The smallest absolute Gasteiger partial charge is 0.306 e. The van der Waals surface area contributed by atoms with Gasteiger partial charge in [0.15, 0.2) is 5.78 Å². The van der Waals surface area contributed by atoms with Crippen LogP contribution in [0.4, 0.5) is 0 Å². The molecule has 2 unspecified atom stereocenters. The molecule has 0 saturated carbocycles. The van der Waals surface area contributed by atoms with Gasteiger partial charge >= 0.3 is 5.97 Å². The maximum Gasteiger partial charge on any atom is 0.306 e. The fourth-order valence-electron chi connectivity index (χ4n) is 3.17. The van der Waals surface area contributed by atoms with E-state index in [1.807, 2.05) is 6.92 Å². The summed E-state index contributed by atoms with van der Waals surface area (Å²) in [5.74, 6) is -0.310. The van der Waals surface area contributed by atoms with Crippen LogP contribution in [0, 0.1) is 11.8 Å². The molecule has 24 heavy (non-hydrogen) atoms. The average molecular weight is 356 g/mol. The number of nitrogens with zero attached hydrogens (tertiary/aromatic N) is 1. The molecule has 0 bridgehead atoms. The minimum absolute atomic E-state index is 0.0345. The van der Waals surface area contributed by atoms with Crippen LogP contribution in [0.25, 0.3) is 0 Å². The van der Waals surface area contributed by atoms with Crippen LogP contribution in [0.3, 0.4) is 0 Å². The number of cyclic esters (lactones) is 1. The number of hydrogen-bond donors (Lipinski definition) is 1. The molecule has 0 radical (unpaired) electrons. The Morgan fingerprint density at radius 3 is 2.79 bits per heavy atom. The van der Waals surface area contributed by atoms with Crippen LogP contribution >= 0.6 is 11.6 Å². The fraction of sp³-hybridized carbons (Fsp3) is 0.588. The second-order valence-electron chi connectivity index (χ2n) is 5.94. The van der Waals surface area contributed by atoms with E-state index in [9.17, 15) is 14.7 Å². The van der Waals surface area contributed by atoms with E-state index in [1.165, 1.54) is 5.54 Å². The summed E-state index contributed by atoms with van der Waals surface area (Å²) in [7, 11) is 0. The summed E-state index contributed by atoms with van der Waals surface area (Å²) < 4.78 is 4.94. The van der Waals surface area contributed by atoms with Gasteiger partial charge < -0.3 is 14.7 Å². The Morgan fingerprint density at radius 2 is 2.17 bits per heavy atom. The highest BCUT2D eigenvalue weighted by molar-refractivity contribution is 6.25. The number of ether oxygens (including phenoxy) is 1. The van der Waals surface area contributed by atoms with Crippen molar-refractivity contribution < 1.29 is 24.3 Å². The lowest BCUT2D eigenvalue weighted by molar-refractivity contribution is -0.150.